The molecule has 1 aromatic rings. The molecule has 108 valence electrons. The van der Waals surface area contributed by atoms with Crippen LogP contribution >= 0.6 is 35.3 Å². The second-order valence-electron chi connectivity index (χ2n) is 4.93. The van der Waals surface area contributed by atoms with E-state index < -0.39 is 0 Å². The Morgan fingerprint density at radius 2 is 2.21 bits per heavy atom. The highest BCUT2D eigenvalue weighted by Gasteiger charge is 2.16. The molecule has 1 saturated heterocycles. The number of thiazole rings is 1. The molecule has 0 aromatic carbocycles. The minimum Gasteiger partial charge on any atom is -0.370 e. The summed E-state index contributed by atoms with van der Waals surface area (Å²) >= 11 is 1.70. The van der Waals surface area contributed by atoms with Crippen molar-refractivity contribution in [2.24, 2.45) is 16.6 Å². The number of guanidine groups is 1. The maximum Gasteiger partial charge on any atom is 0.191 e. The van der Waals surface area contributed by atoms with Crippen LogP contribution in [0.2, 0.25) is 0 Å². The molecular formula is C13H23IN4S. The summed E-state index contributed by atoms with van der Waals surface area (Å²) in [6.07, 6.45) is 3.42. The Balaban J connectivity index is 0.00000180. The number of hydrogen-bond acceptors (Lipinski definition) is 3. The van der Waals surface area contributed by atoms with Crippen LogP contribution in [0.25, 0.3) is 0 Å². The molecule has 0 radical (unpaired) electrons. The third kappa shape index (κ3) is 4.91. The van der Waals surface area contributed by atoms with Crippen molar-refractivity contribution >= 4 is 41.3 Å². The van der Waals surface area contributed by atoms with Crippen LogP contribution in [0, 0.1) is 5.92 Å². The predicted molar refractivity (Wildman–Crippen MR) is 92.2 cm³/mol. The van der Waals surface area contributed by atoms with Crippen LogP contribution in [0.15, 0.2) is 10.4 Å². The standard InChI is InChI=1S/C13H22N4S.HI/c1-3-12-16-11(9-18-12)8-15-13(14)17-6-4-10(2)5-7-17;/h9-10H,3-8H2,1-2H3,(H2,14,15);1H. The highest BCUT2D eigenvalue weighted by Crippen LogP contribution is 2.16. The van der Waals surface area contributed by atoms with E-state index in [0.29, 0.717) is 12.5 Å². The van der Waals surface area contributed by atoms with E-state index in [-0.39, 0.29) is 24.0 Å². The second kappa shape index (κ2) is 8.04. The van der Waals surface area contributed by atoms with Crippen molar-refractivity contribution in [3.05, 3.63) is 16.1 Å². The van der Waals surface area contributed by atoms with E-state index in [4.69, 9.17) is 5.73 Å². The molecule has 4 nitrogen and oxygen atoms in total. The summed E-state index contributed by atoms with van der Waals surface area (Å²) < 4.78 is 0. The molecular weight excluding hydrogens is 371 g/mol. The van der Waals surface area contributed by atoms with Crippen molar-refractivity contribution in [3.63, 3.8) is 0 Å². The molecule has 0 saturated carbocycles. The number of nitrogens with two attached hydrogens (primary N) is 1. The van der Waals surface area contributed by atoms with Crippen molar-refractivity contribution in [2.75, 3.05) is 13.1 Å². The third-order valence-electron chi connectivity index (χ3n) is 3.41. The quantitative estimate of drug-likeness (QED) is 0.487. The topological polar surface area (TPSA) is 54.5 Å². The van der Waals surface area contributed by atoms with Crippen LogP contribution < -0.4 is 5.73 Å². The lowest BCUT2D eigenvalue weighted by Gasteiger charge is -2.30. The van der Waals surface area contributed by atoms with E-state index >= 15 is 0 Å². The summed E-state index contributed by atoms with van der Waals surface area (Å²) in [7, 11) is 0. The first-order chi connectivity index (χ1) is 8.69. The van der Waals surface area contributed by atoms with E-state index in [1.807, 2.05) is 0 Å². The average molecular weight is 394 g/mol. The highest BCUT2D eigenvalue weighted by molar-refractivity contribution is 14.0. The first kappa shape index (κ1) is 16.7. The smallest absolute Gasteiger partial charge is 0.191 e. The van der Waals surface area contributed by atoms with Gasteiger partial charge in [-0.05, 0) is 25.2 Å². The van der Waals surface area contributed by atoms with Gasteiger partial charge in [0.15, 0.2) is 5.96 Å². The molecule has 2 rings (SSSR count). The van der Waals surface area contributed by atoms with Crippen LogP contribution in [0.4, 0.5) is 0 Å². The van der Waals surface area contributed by atoms with Gasteiger partial charge in [0, 0.05) is 18.5 Å². The van der Waals surface area contributed by atoms with E-state index in [2.05, 4.69) is 34.1 Å². The zero-order valence-electron chi connectivity index (χ0n) is 11.6. The number of aliphatic imine (C=N–C) groups is 1. The maximum atomic E-state index is 6.03. The number of halogens is 1. The molecule has 2 heterocycles. The van der Waals surface area contributed by atoms with E-state index in [0.717, 1.165) is 31.1 Å². The Morgan fingerprint density at radius 3 is 2.79 bits per heavy atom. The molecule has 1 aliphatic rings. The Hall–Kier alpha value is -0.370. The van der Waals surface area contributed by atoms with Gasteiger partial charge in [0.2, 0.25) is 0 Å². The second-order valence-corrected chi connectivity index (χ2v) is 5.87. The van der Waals surface area contributed by atoms with Gasteiger partial charge in [-0.2, -0.15) is 0 Å². The molecule has 6 heteroatoms. The number of hydrogen-bond donors (Lipinski definition) is 1. The van der Waals surface area contributed by atoms with Gasteiger partial charge in [-0.1, -0.05) is 13.8 Å². The minimum absolute atomic E-state index is 0. The van der Waals surface area contributed by atoms with Gasteiger partial charge in [0.1, 0.15) is 0 Å². The van der Waals surface area contributed by atoms with Crippen LogP contribution in [-0.4, -0.2) is 28.9 Å². The monoisotopic (exact) mass is 394 g/mol. The molecule has 0 bridgehead atoms. The fourth-order valence-corrected chi connectivity index (χ4v) is 2.82. The lowest BCUT2D eigenvalue weighted by molar-refractivity contribution is 0.277. The molecule has 2 N–H and O–H groups in total. The van der Waals surface area contributed by atoms with E-state index in [1.54, 1.807) is 11.3 Å². The largest absolute Gasteiger partial charge is 0.370 e. The van der Waals surface area contributed by atoms with Crippen LogP contribution in [-0.2, 0) is 13.0 Å². The zero-order chi connectivity index (χ0) is 13.0. The Labute approximate surface area is 136 Å². The SMILES string of the molecule is CCc1nc(CN=C(N)N2CCC(C)CC2)cs1.I. The fraction of sp³-hybridized carbons (Fsp3) is 0.692. The summed E-state index contributed by atoms with van der Waals surface area (Å²) in [5, 5.41) is 3.25. The first-order valence-corrected chi connectivity index (χ1v) is 7.55. The number of rotatable bonds is 3. The molecule has 1 aromatic heterocycles. The summed E-state index contributed by atoms with van der Waals surface area (Å²) in [6, 6.07) is 0. The summed E-state index contributed by atoms with van der Waals surface area (Å²) in [4.78, 5) is 11.1. The highest BCUT2D eigenvalue weighted by atomic mass is 127. The third-order valence-corrected chi connectivity index (χ3v) is 4.45. The van der Waals surface area contributed by atoms with Gasteiger partial charge >= 0.3 is 0 Å². The molecule has 1 fully saturated rings. The molecule has 0 amide bonds. The number of nitrogens with zero attached hydrogens (tertiary/aromatic N) is 3. The average Bonchev–Trinajstić information content (AvgIpc) is 2.85. The number of piperidine rings is 1. The molecule has 0 unspecified atom stereocenters. The van der Waals surface area contributed by atoms with Crippen molar-refractivity contribution in [1.29, 1.82) is 0 Å². The van der Waals surface area contributed by atoms with Gasteiger partial charge < -0.3 is 10.6 Å². The van der Waals surface area contributed by atoms with E-state index in [9.17, 15) is 0 Å². The molecule has 1 aliphatic heterocycles. The van der Waals surface area contributed by atoms with Crippen molar-refractivity contribution in [3.8, 4) is 0 Å². The number of aromatic nitrogens is 1. The Kier molecular flexibility index (Phi) is 7.06. The number of likely N-dealkylation sites (tertiary alicyclic amines) is 1. The molecule has 0 aliphatic carbocycles. The van der Waals surface area contributed by atoms with Crippen LogP contribution in [0.5, 0.6) is 0 Å². The first-order valence-electron chi connectivity index (χ1n) is 6.67. The summed E-state index contributed by atoms with van der Waals surface area (Å²) in [5.41, 5.74) is 7.07. The van der Waals surface area contributed by atoms with Gasteiger partial charge in [-0.15, -0.1) is 35.3 Å². The summed E-state index contributed by atoms with van der Waals surface area (Å²) in [6.45, 7) is 7.09. The van der Waals surface area contributed by atoms with Crippen LogP contribution in [0.3, 0.4) is 0 Å². The normalized spacial score (nSPS) is 17.4. The van der Waals surface area contributed by atoms with Crippen molar-refractivity contribution in [2.45, 2.75) is 39.7 Å². The van der Waals surface area contributed by atoms with Gasteiger partial charge in [-0.25, -0.2) is 9.98 Å². The minimum atomic E-state index is 0. The molecule has 19 heavy (non-hydrogen) atoms. The maximum absolute atomic E-state index is 6.03. The zero-order valence-corrected chi connectivity index (χ0v) is 14.8. The predicted octanol–water partition coefficient (Wildman–Crippen LogP) is 2.87. The Morgan fingerprint density at radius 1 is 1.53 bits per heavy atom. The number of aryl methyl sites for hydroxylation is 1. The lowest BCUT2D eigenvalue weighted by atomic mass is 10.00. The lowest BCUT2D eigenvalue weighted by Crippen LogP contribution is -2.42. The fourth-order valence-electron chi connectivity index (χ4n) is 2.08. The molecule has 0 spiro atoms. The van der Waals surface area contributed by atoms with E-state index in [1.165, 1.54) is 17.8 Å². The van der Waals surface area contributed by atoms with Gasteiger partial charge in [-0.3, -0.25) is 0 Å². The molecule has 0 atom stereocenters. The van der Waals surface area contributed by atoms with Gasteiger partial charge in [0.25, 0.3) is 0 Å². The Bertz CT molecular complexity index is 411. The van der Waals surface area contributed by atoms with Crippen molar-refractivity contribution in [1.82, 2.24) is 9.88 Å². The van der Waals surface area contributed by atoms with Crippen molar-refractivity contribution < 1.29 is 0 Å². The van der Waals surface area contributed by atoms with Gasteiger partial charge in [0.05, 0.1) is 17.2 Å². The summed E-state index contributed by atoms with van der Waals surface area (Å²) in [5.74, 6) is 1.49. The van der Waals surface area contributed by atoms with Crippen LogP contribution in [0.1, 0.15) is 37.4 Å².